The van der Waals surface area contributed by atoms with Crippen molar-refractivity contribution in [3.8, 4) is 60.2 Å². The van der Waals surface area contributed by atoms with Gasteiger partial charge in [0.05, 0.1) is 21.1 Å². The summed E-state index contributed by atoms with van der Waals surface area (Å²) in [5, 5.41) is 33.1. The lowest BCUT2D eigenvalue weighted by Crippen LogP contribution is -1.97. The normalized spacial score (nSPS) is 11.4. The number of thiophene rings is 5. The molecule has 0 bridgehead atoms. The van der Waals surface area contributed by atoms with Crippen molar-refractivity contribution >= 4 is 68.6 Å². The molecule has 0 radical (unpaired) electrons. The molecule has 0 spiro atoms. The molecule has 0 aromatic carbocycles. The molecule has 4 N–H and O–H groups in total. The van der Waals surface area contributed by atoms with E-state index in [2.05, 4.69) is 68.9 Å². The van der Waals surface area contributed by atoms with E-state index in [1.165, 1.54) is 0 Å². The number of nitrogens with zero attached hydrogens (tertiary/aromatic N) is 2. The molecule has 0 aliphatic carbocycles. The molecule has 0 fully saturated rings. The zero-order chi connectivity index (χ0) is 30.9. The SMILES string of the molecule is O=C(O)CCc1cc(-c2ccc(-c3ccn[nH]3)s2)sc1-c1ccc(-c2sc(-c3ccc(-c4ccn[nH]4)s3)cc2CCC(=O)O)s1. The van der Waals surface area contributed by atoms with Crippen LogP contribution >= 0.6 is 56.7 Å². The van der Waals surface area contributed by atoms with Gasteiger partial charge in [0.2, 0.25) is 0 Å². The van der Waals surface area contributed by atoms with Crippen LogP contribution in [-0.4, -0.2) is 42.5 Å². The minimum absolute atomic E-state index is 0.0558. The Hall–Kier alpha value is -4.14. The number of hydrogen-bond acceptors (Lipinski definition) is 9. The highest BCUT2D eigenvalue weighted by molar-refractivity contribution is 7.30. The van der Waals surface area contributed by atoms with Crippen molar-refractivity contribution in [3.05, 3.63) is 84.2 Å². The highest BCUT2D eigenvalue weighted by Gasteiger charge is 2.20. The molecule has 8 nitrogen and oxygen atoms in total. The number of aromatic amines is 2. The van der Waals surface area contributed by atoms with Gasteiger partial charge in [0.15, 0.2) is 0 Å². The lowest BCUT2D eigenvalue weighted by Gasteiger charge is -2.01. The molecule has 0 unspecified atom stereocenters. The van der Waals surface area contributed by atoms with Crippen LogP contribution in [0.3, 0.4) is 0 Å². The number of carboxylic acids is 2. The molecular weight excluding hydrogens is 665 g/mol. The molecule has 13 heteroatoms. The van der Waals surface area contributed by atoms with E-state index in [1.54, 1.807) is 69.1 Å². The van der Waals surface area contributed by atoms with Gasteiger partial charge in [-0.3, -0.25) is 19.8 Å². The molecule has 0 aliphatic heterocycles. The van der Waals surface area contributed by atoms with Gasteiger partial charge in [0.25, 0.3) is 0 Å². The Bertz CT molecular complexity index is 1950. The Morgan fingerprint density at radius 2 is 0.933 bits per heavy atom. The number of carbonyl (C=O) groups is 2. The van der Waals surface area contributed by atoms with Gasteiger partial charge < -0.3 is 10.2 Å². The smallest absolute Gasteiger partial charge is 0.303 e. The molecule has 0 amide bonds. The van der Waals surface area contributed by atoms with Gasteiger partial charge >= 0.3 is 11.9 Å². The summed E-state index contributed by atoms with van der Waals surface area (Å²) in [6, 6.07) is 20.7. The number of aliphatic carboxylic acids is 2. The van der Waals surface area contributed by atoms with Crippen LogP contribution in [0.15, 0.2) is 73.1 Å². The number of carboxylic acid groups (broad SMARTS) is 2. The lowest BCUT2D eigenvalue weighted by molar-refractivity contribution is -0.138. The summed E-state index contributed by atoms with van der Waals surface area (Å²) in [7, 11) is 0. The Morgan fingerprint density at radius 3 is 1.33 bits per heavy atom. The van der Waals surface area contributed by atoms with E-state index in [1.807, 2.05) is 12.1 Å². The van der Waals surface area contributed by atoms with Crippen molar-refractivity contribution in [1.29, 1.82) is 0 Å². The highest BCUT2D eigenvalue weighted by Crippen LogP contribution is 2.49. The van der Waals surface area contributed by atoms with Gasteiger partial charge in [-0.25, -0.2) is 0 Å². The topological polar surface area (TPSA) is 132 Å². The first-order valence-corrected chi connectivity index (χ1v) is 18.0. The number of aromatic nitrogens is 4. The molecular formula is C32H24N4O4S5. The number of aryl methyl sites for hydroxylation is 2. The van der Waals surface area contributed by atoms with Gasteiger partial charge in [-0.2, -0.15) is 10.2 Å². The molecule has 7 aromatic rings. The van der Waals surface area contributed by atoms with E-state index in [9.17, 15) is 19.8 Å². The average molecular weight is 689 g/mol. The van der Waals surface area contributed by atoms with E-state index < -0.39 is 11.9 Å². The summed E-state index contributed by atoms with van der Waals surface area (Å²) < 4.78 is 0. The molecule has 7 rings (SSSR count). The van der Waals surface area contributed by atoms with Crippen LogP contribution in [0.4, 0.5) is 0 Å². The number of nitrogens with one attached hydrogen (secondary N) is 2. The van der Waals surface area contributed by atoms with Crippen molar-refractivity contribution in [2.75, 3.05) is 0 Å². The standard InChI is InChI=1S/C32H24N4O4S5/c37-29(38)9-1-17-15-27(23-5-3-21(41-23)19-11-13-33-35-19)44-31(17)25-7-8-26(43-25)32-18(2-10-30(39)40)16-28(45-32)24-6-4-22(42-24)20-12-14-34-36-20/h3-8,11-16H,1-2,9-10H2,(H,33,35)(H,34,36)(H,37,38)(H,39,40). The first-order chi connectivity index (χ1) is 21.9. The zero-order valence-corrected chi connectivity index (χ0v) is 27.5. The molecule has 0 atom stereocenters. The average Bonchev–Trinajstić information content (AvgIpc) is 3.85. The lowest BCUT2D eigenvalue weighted by atomic mass is 10.1. The largest absolute Gasteiger partial charge is 0.481 e. The van der Waals surface area contributed by atoms with Crippen molar-refractivity contribution in [2.24, 2.45) is 0 Å². The van der Waals surface area contributed by atoms with Crippen LogP contribution in [-0.2, 0) is 22.4 Å². The minimum Gasteiger partial charge on any atom is -0.481 e. The molecule has 7 aromatic heterocycles. The van der Waals surface area contributed by atoms with Crippen LogP contribution in [0.1, 0.15) is 24.0 Å². The number of hydrogen-bond donors (Lipinski definition) is 4. The summed E-state index contributed by atoms with van der Waals surface area (Å²) in [4.78, 5) is 33.9. The first-order valence-electron chi connectivity index (χ1n) is 13.9. The van der Waals surface area contributed by atoms with Gasteiger partial charge in [0, 0.05) is 64.3 Å². The van der Waals surface area contributed by atoms with Crippen molar-refractivity contribution in [2.45, 2.75) is 25.7 Å². The number of H-pyrrole nitrogens is 2. The molecule has 0 saturated heterocycles. The Balaban J connectivity index is 1.23. The highest BCUT2D eigenvalue weighted by atomic mass is 32.1. The second-order valence-corrected chi connectivity index (χ2v) is 15.5. The quantitative estimate of drug-likeness (QED) is 0.101. The minimum atomic E-state index is -0.823. The van der Waals surface area contributed by atoms with E-state index >= 15 is 0 Å². The third-order valence-electron chi connectivity index (χ3n) is 7.12. The predicted molar refractivity (Wildman–Crippen MR) is 185 cm³/mol. The fraction of sp³-hybridized carbons (Fsp3) is 0.125. The Morgan fingerprint density at radius 1 is 0.533 bits per heavy atom. The van der Waals surface area contributed by atoms with E-state index in [0.29, 0.717) is 12.8 Å². The van der Waals surface area contributed by atoms with E-state index in [-0.39, 0.29) is 12.8 Å². The van der Waals surface area contributed by atoms with Crippen LogP contribution in [0.2, 0.25) is 0 Å². The summed E-state index contributed by atoms with van der Waals surface area (Å²) in [6.07, 6.45) is 4.46. The molecule has 7 heterocycles. The Kier molecular flexibility index (Phi) is 8.34. The summed E-state index contributed by atoms with van der Waals surface area (Å²) >= 11 is 8.37. The third-order valence-corrected chi connectivity index (χ3v) is 13.5. The van der Waals surface area contributed by atoms with Crippen LogP contribution < -0.4 is 0 Å². The molecule has 0 saturated carbocycles. The first kappa shape index (κ1) is 29.6. The van der Waals surface area contributed by atoms with E-state index in [0.717, 1.165) is 71.3 Å². The van der Waals surface area contributed by atoms with Crippen LogP contribution in [0, 0.1) is 0 Å². The predicted octanol–water partition coefficient (Wildman–Crippen LogP) is 9.48. The van der Waals surface area contributed by atoms with Crippen molar-refractivity contribution < 1.29 is 19.8 Å². The second kappa shape index (κ2) is 12.7. The maximum absolute atomic E-state index is 11.5. The summed E-state index contributed by atoms with van der Waals surface area (Å²) in [6.45, 7) is 0. The van der Waals surface area contributed by atoms with Crippen LogP contribution in [0.25, 0.3) is 60.2 Å². The van der Waals surface area contributed by atoms with Gasteiger partial charge in [0.1, 0.15) is 0 Å². The number of rotatable bonds is 12. The molecule has 226 valence electrons. The maximum atomic E-state index is 11.5. The van der Waals surface area contributed by atoms with Crippen LogP contribution in [0.5, 0.6) is 0 Å². The van der Waals surface area contributed by atoms with Gasteiger partial charge in [-0.15, -0.1) is 56.7 Å². The van der Waals surface area contributed by atoms with Crippen molar-refractivity contribution in [1.82, 2.24) is 20.4 Å². The fourth-order valence-electron chi connectivity index (χ4n) is 4.97. The van der Waals surface area contributed by atoms with Crippen molar-refractivity contribution in [3.63, 3.8) is 0 Å². The third kappa shape index (κ3) is 6.35. The monoisotopic (exact) mass is 688 g/mol. The van der Waals surface area contributed by atoms with Gasteiger partial charge in [-0.05, 0) is 84.6 Å². The molecule has 0 aliphatic rings. The van der Waals surface area contributed by atoms with E-state index in [4.69, 9.17) is 0 Å². The second-order valence-electron chi connectivity index (χ2n) is 10.1. The zero-order valence-electron chi connectivity index (χ0n) is 23.4. The maximum Gasteiger partial charge on any atom is 0.303 e. The summed E-state index contributed by atoms with van der Waals surface area (Å²) in [5.74, 6) is -1.65. The van der Waals surface area contributed by atoms with Gasteiger partial charge in [-0.1, -0.05) is 0 Å². The fourth-order valence-corrected chi connectivity index (χ4v) is 10.8. The Labute approximate surface area is 277 Å². The summed E-state index contributed by atoms with van der Waals surface area (Å²) in [5.41, 5.74) is 3.97. The molecule has 45 heavy (non-hydrogen) atoms.